The fraction of sp³-hybridized carbons (Fsp3) is 0.429. The molecule has 0 aromatic carbocycles. The minimum Gasteiger partial charge on any atom is -0.481 e. The van der Waals surface area contributed by atoms with Crippen molar-refractivity contribution in [2.24, 2.45) is 0 Å². The van der Waals surface area contributed by atoms with Crippen molar-refractivity contribution in [1.82, 2.24) is 15.4 Å². The first-order chi connectivity index (χ1) is 6.49. The molecule has 0 amide bonds. The van der Waals surface area contributed by atoms with Crippen molar-refractivity contribution in [1.29, 1.82) is 0 Å². The zero-order valence-electron chi connectivity index (χ0n) is 8.06. The van der Waals surface area contributed by atoms with Crippen LogP contribution >= 0.6 is 0 Å². The summed E-state index contributed by atoms with van der Waals surface area (Å²) in [6.45, 7) is 3.01. The van der Waals surface area contributed by atoms with Crippen molar-refractivity contribution >= 4 is 17.5 Å². The van der Waals surface area contributed by atoms with E-state index in [-0.39, 0.29) is 5.82 Å². The van der Waals surface area contributed by atoms with Gasteiger partial charge < -0.3 is 16.6 Å². The molecule has 7 heteroatoms. The molecule has 78 valence electrons. The summed E-state index contributed by atoms with van der Waals surface area (Å²) in [5.41, 5.74) is 12.0. The summed E-state index contributed by atoms with van der Waals surface area (Å²) in [6.07, 6.45) is 0.728. The second-order valence-corrected chi connectivity index (χ2v) is 2.41. The highest BCUT2D eigenvalue weighted by atomic mass is 16.4. The van der Waals surface area contributed by atoms with Crippen LogP contribution in [0, 0.1) is 0 Å². The molecule has 0 aliphatic heterocycles. The van der Waals surface area contributed by atoms with Gasteiger partial charge in [-0.3, -0.25) is 4.79 Å². The maximum absolute atomic E-state index is 9.00. The van der Waals surface area contributed by atoms with Crippen molar-refractivity contribution in [2.75, 3.05) is 11.5 Å². The molecule has 5 N–H and O–H groups in total. The number of hydrogen-bond donors (Lipinski definition) is 3. The fourth-order valence-corrected chi connectivity index (χ4v) is 0.641. The van der Waals surface area contributed by atoms with E-state index in [1.54, 1.807) is 0 Å². The Morgan fingerprint density at radius 1 is 1.43 bits per heavy atom. The van der Waals surface area contributed by atoms with E-state index in [2.05, 4.69) is 15.4 Å². The summed E-state index contributed by atoms with van der Waals surface area (Å²) >= 11 is 0. The quantitative estimate of drug-likeness (QED) is 0.565. The molecule has 0 radical (unpaired) electrons. The highest BCUT2D eigenvalue weighted by Crippen LogP contribution is 2.12. The predicted molar refractivity (Wildman–Crippen MR) is 51.3 cm³/mol. The van der Waals surface area contributed by atoms with Crippen LogP contribution in [0.4, 0.5) is 11.5 Å². The zero-order valence-corrected chi connectivity index (χ0v) is 8.06. The first-order valence-electron chi connectivity index (χ1n) is 3.91. The molecule has 0 atom stereocenters. The highest BCUT2D eigenvalue weighted by molar-refractivity contribution is 5.63. The molecule has 0 aliphatic carbocycles. The molecule has 14 heavy (non-hydrogen) atoms. The van der Waals surface area contributed by atoms with Crippen LogP contribution in [0.1, 0.15) is 19.5 Å². The Bertz CT molecular complexity index is 311. The zero-order chi connectivity index (χ0) is 11.1. The Morgan fingerprint density at radius 3 is 2.29 bits per heavy atom. The van der Waals surface area contributed by atoms with Crippen molar-refractivity contribution < 1.29 is 9.90 Å². The van der Waals surface area contributed by atoms with E-state index in [1.165, 1.54) is 0 Å². The molecule has 1 aromatic heterocycles. The highest BCUT2D eigenvalue weighted by Gasteiger charge is 2.02. The Hall–Kier alpha value is -1.92. The van der Waals surface area contributed by atoms with Gasteiger partial charge in [-0.25, -0.2) is 0 Å². The van der Waals surface area contributed by atoms with Crippen LogP contribution in [0.25, 0.3) is 0 Å². The second kappa shape index (κ2) is 5.68. The molecule has 1 heterocycles. The van der Waals surface area contributed by atoms with Gasteiger partial charge in [0.25, 0.3) is 5.97 Å². The van der Waals surface area contributed by atoms with Gasteiger partial charge in [-0.05, 0) is 11.6 Å². The number of aliphatic carboxylic acids is 1. The first kappa shape index (κ1) is 12.1. The summed E-state index contributed by atoms with van der Waals surface area (Å²) in [7, 11) is 0. The average molecular weight is 199 g/mol. The van der Waals surface area contributed by atoms with Crippen molar-refractivity contribution in [3.05, 3.63) is 5.69 Å². The van der Waals surface area contributed by atoms with E-state index in [9.17, 15) is 0 Å². The summed E-state index contributed by atoms with van der Waals surface area (Å²) in [4.78, 5) is 9.00. The molecule has 1 rings (SSSR count). The summed E-state index contributed by atoms with van der Waals surface area (Å²) in [5, 5.41) is 18.0. The molecular formula is C7H13N5O2. The third-order valence-electron chi connectivity index (χ3n) is 1.24. The lowest BCUT2D eigenvalue weighted by molar-refractivity contribution is -0.134. The summed E-state index contributed by atoms with van der Waals surface area (Å²) < 4.78 is 0. The number of nitrogens with two attached hydrogens (primary N) is 2. The number of nitrogens with zero attached hydrogens (tertiary/aromatic N) is 3. The number of carboxylic acid groups (broad SMARTS) is 1. The minimum atomic E-state index is -0.833. The van der Waals surface area contributed by atoms with Crippen LogP contribution in [0.3, 0.4) is 0 Å². The first-order valence-corrected chi connectivity index (χ1v) is 3.91. The van der Waals surface area contributed by atoms with Gasteiger partial charge in [0.1, 0.15) is 5.69 Å². The third-order valence-corrected chi connectivity index (χ3v) is 1.24. The number of hydrogen-bond acceptors (Lipinski definition) is 6. The lowest BCUT2D eigenvalue weighted by Gasteiger charge is -1.99. The monoisotopic (exact) mass is 199 g/mol. The van der Waals surface area contributed by atoms with Gasteiger partial charge in [-0.1, -0.05) is 6.92 Å². The van der Waals surface area contributed by atoms with Gasteiger partial charge in [0.2, 0.25) is 0 Å². The average Bonchev–Trinajstić information content (AvgIpc) is 2.09. The molecule has 0 spiro atoms. The van der Waals surface area contributed by atoms with E-state index in [4.69, 9.17) is 21.4 Å². The third kappa shape index (κ3) is 4.19. The normalized spacial score (nSPS) is 8.71. The van der Waals surface area contributed by atoms with Crippen molar-refractivity contribution in [3.8, 4) is 0 Å². The number of rotatable bonds is 1. The van der Waals surface area contributed by atoms with Gasteiger partial charge in [0, 0.05) is 6.92 Å². The van der Waals surface area contributed by atoms with Crippen LogP contribution in [-0.4, -0.2) is 26.5 Å². The van der Waals surface area contributed by atoms with E-state index in [0.717, 1.165) is 13.3 Å². The van der Waals surface area contributed by atoms with Gasteiger partial charge in [-0.15, -0.1) is 10.2 Å². The fourth-order valence-electron chi connectivity index (χ4n) is 0.641. The minimum absolute atomic E-state index is 0.256. The van der Waals surface area contributed by atoms with E-state index >= 15 is 0 Å². The molecule has 0 bridgehead atoms. The molecular weight excluding hydrogens is 186 g/mol. The molecule has 0 unspecified atom stereocenters. The molecule has 0 fully saturated rings. The van der Waals surface area contributed by atoms with E-state index < -0.39 is 5.97 Å². The van der Waals surface area contributed by atoms with Crippen LogP contribution in [-0.2, 0) is 11.2 Å². The van der Waals surface area contributed by atoms with Gasteiger partial charge in [0.15, 0.2) is 5.82 Å². The Balaban J connectivity index is 0.000000364. The van der Waals surface area contributed by atoms with Crippen LogP contribution in [0.15, 0.2) is 0 Å². The molecule has 0 saturated heterocycles. The lowest BCUT2D eigenvalue weighted by atomic mass is 10.3. The van der Waals surface area contributed by atoms with Crippen LogP contribution in [0.5, 0.6) is 0 Å². The van der Waals surface area contributed by atoms with Crippen LogP contribution in [0.2, 0.25) is 0 Å². The van der Waals surface area contributed by atoms with Crippen molar-refractivity contribution in [3.63, 3.8) is 0 Å². The molecule has 0 saturated carbocycles. The van der Waals surface area contributed by atoms with Crippen LogP contribution < -0.4 is 11.5 Å². The SMILES string of the molecule is CC(=O)O.CCc1nnnc(N)c1N. The van der Waals surface area contributed by atoms with Gasteiger partial charge in [-0.2, -0.15) is 0 Å². The summed E-state index contributed by atoms with van der Waals surface area (Å²) in [5.74, 6) is -0.577. The van der Waals surface area contributed by atoms with Gasteiger partial charge >= 0.3 is 0 Å². The standard InChI is InChI=1S/C5H9N5.C2H4O2/c1-2-3-4(6)5(7)9-10-8-3;1-2(3)4/h2H2,1H3,(H2,6,10)(H2,7,8,9);1H3,(H,3,4). The number of aromatic nitrogens is 3. The Morgan fingerprint density at radius 2 is 1.93 bits per heavy atom. The van der Waals surface area contributed by atoms with Crippen molar-refractivity contribution in [2.45, 2.75) is 20.3 Å². The largest absolute Gasteiger partial charge is 0.481 e. The summed E-state index contributed by atoms with van der Waals surface area (Å²) in [6, 6.07) is 0. The van der Waals surface area contributed by atoms with E-state index in [0.29, 0.717) is 11.4 Å². The molecule has 7 nitrogen and oxygen atoms in total. The number of anilines is 2. The molecule has 0 aliphatic rings. The Labute approximate surface area is 81.1 Å². The second-order valence-electron chi connectivity index (χ2n) is 2.41. The maximum atomic E-state index is 9.00. The smallest absolute Gasteiger partial charge is 0.300 e. The Kier molecular flexibility index (Phi) is 4.90. The maximum Gasteiger partial charge on any atom is 0.300 e. The van der Waals surface area contributed by atoms with Gasteiger partial charge in [0.05, 0.1) is 5.69 Å². The number of nitrogen functional groups attached to an aromatic ring is 2. The number of carboxylic acids is 1. The predicted octanol–water partition coefficient (Wildman–Crippen LogP) is -0.311. The van der Waals surface area contributed by atoms with E-state index in [1.807, 2.05) is 6.92 Å². The number of aryl methyl sites for hydroxylation is 1. The lowest BCUT2D eigenvalue weighted by Crippen LogP contribution is -2.06. The topological polar surface area (TPSA) is 128 Å². The number of carbonyl (C=O) groups is 1. The molecule has 1 aromatic rings.